The van der Waals surface area contributed by atoms with E-state index in [1.807, 2.05) is 83.3 Å². The lowest BCUT2D eigenvalue weighted by Gasteiger charge is -2.08. The van der Waals surface area contributed by atoms with Gasteiger partial charge in [0.05, 0.1) is 0 Å². The molecule has 0 saturated heterocycles. The molecule has 50 heavy (non-hydrogen) atoms. The largest absolute Gasteiger partial charge is 0.208 e. The minimum absolute atomic E-state index is 0.669. The standard InChI is InChI=1S/C45H27N3S2/c1-3-10-30(11-4-1)43-46-44(31-12-5-2-6-13-31)48-45(47-43)33-22-24-36-38-26-32(23-25-40(38)49-41(36)27-33)28-18-20-29(21-19-28)34-15-9-16-37-35-14-7-8-17-39(35)50-42(34)37/h1-27H. The Morgan fingerprint density at radius 1 is 0.300 bits per heavy atom. The Morgan fingerprint density at radius 2 is 0.860 bits per heavy atom. The van der Waals surface area contributed by atoms with E-state index in [0.717, 1.165) is 16.7 Å². The third-order valence-corrected chi connectivity index (χ3v) is 11.7. The third-order valence-electron chi connectivity index (χ3n) is 9.36. The Labute approximate surface area is 296 Å². The topological polar surface area (TPSA) is 38.7 Å². The molecule has 234 valence electrons. The van der Waals surface area contributed by atoms with E-state index in [1.165, 1.54) is 62.6 Å². The van der Waals surface area contributed by atoms with Crippen molar-refractivity contribution >= 4 is 63.0 Å². The second kappa shape index (κ2) is 11.8. The highest BCUT2D eigenvalue weighted by molar-refractivity contribution is 7.26. The van der Waals surface area contributed by atoms with Crippen molar-refractivity contribution in [2.24, 2.45) is 0 Å². The van der Waals surface area contributed by atoms with Gasteiger partial charge in [-0.1, -0.05) is 140 Å². The van der Waals surface area contributed by atoms with Crippen LogP contribution in [-0.4, -0.2) is 15.0 Å². The van der Waals surface area contributed by atoms with Gasteiger partial charge in [0.25, 0.3) is 0 Å². The van der Waals surface area contributed by atoms with E-state index in [1.54, 1.807) is 0 Å². The second-order valence-corrected chi connectivity index (χ2v) is 14.6. The van der Waals surface area contributed by atoms with Crippen LogP contribution in [0.5, 0.6) is 0 Å². The maximum Gasteiger partial charge on any atom is 0.164 e. The molecule has 3 heterocycles. The molecule has 5 heteroatoms. The molecule has 0 spiro atoms. The van der Waals surface area contributed by atoms with Crippen molar-refractivity contribution in [2.75, 3.05) is 0 Å². The van der Waals surface area contributed by atoms with E-state index >= 15 is 0 Å². The molecule has 0 N–H and O–H groups in total. The number of benzene rings is 7. The maximum atomic E-state index is 4.95. The predicted molar refractivity (Wildman–Crippen MR) is 213 cm³/mol. The van der Waals surface area contributed by atoms with E-state index in [0.29, 0.717) is 17.5 Å². The van der Waals surface area contributed by atoms with Gasteiger partial charge in [-0.25, -0.2) is 15.0 Å². The first-order valence-electron chi connectivity index (χ1n) is 16.6. The molecule has 0 radical (unpaired) electrons. The average molecular weight is 674 g/mol. The van der Waals surface area contributed by atoms with Crippen molar-refractivity contribution in [1.29, 1.82) is 0 Å². The van der Waals surface area contributed by atoms with E-state index in [4.69, 9.17) is 15.0 Å². The van der Waals surface area contributed by atoms with Crippen molar-refractivity contribution in [2.45, 2.75) is 0 Å². The van der Waals surface area contributed by atoms with Crippen molar-refractivity contribution in [3.05, 3.63) is 164 Å². The van der Waals surface area contributed by atoms with Gasteiger partial charge in [0.1, 0.15) is 0 Å². The third kappa shape index (κ3) is 4.98. The van der Waals surface area contributed by atoms with Crippen LogP contribution in [0.4, 0.5) is 0 Å². The van der Waals surface area contributed by atoms with E-state index < -0.39 is 0 Å². The first kappa shape index (κ1) is 29.0. The zero-order valence-corrected chi connectivity index (χ0v) is 28.4. The van der Waals surface area contributed by atoms with Gasteiger partial charge in [0.2, 0.25) is 0 Å². The van der Waals surface area contributed by atoms with Crippen molar-refractivity contribution in [3.8, 4) is 56.4 Å². The van der Waals surface area contributed by atoms with Crippen LogP contribution in [0.1, 0.15) is 0 Å². The summed E-state index contributed by atoms with van der Waals surface area (Å²) < 4.78 is 5.15. The molecular weight excluding hydrogens is 647 g/mol. The molecule has 10 rings (SSSR count). The van der Waals surface area contributed by atoms with Gasteiger partial charge in [-0.3, -0.25) is 0 Å². The summed E-state index contributed by atoms with van der Waals surface area (Å²) >= 11 is 3.68. The molecule has 0 aliphatic heterocycles. The quantitative estimate of drug-likeness (QED) is 0.182. The molecule has 0 atom stereocenters. The van der Waals surface area contributed by atoms with Crippen LogP contribution in [0, 0.1) is 0 Å². The molecular formula is C45H27N3S2. The monoisotopic (exact) mass is 673 g/mol. The molecule has 10 aromatic rings. The summed E-state index contributed by atoms with van der Waals surface area (Å²) in [7, 11) is 0. The van der Waals surface area contributed by atoms with Gasteiger partial charge in [0.15, 0.2) is 17.5 Å². The first-order chi connectivity index (χ1) is 24.7. The lowest BCUT2D eigenvalue weighted by Crippen LogP contribution is -1.99. The van der Waals surface area contributed by atoms with Gasteiger partial charge in [-0.2, -0.15) is 0 Å². The van der Waals surface area contributed by atoms with E-state index in [-0.39, 0.29) is 0 Å². The summed E-state index contributed by atoms with van der Waals surface area (Å²) in [6.45, 7) is 0. The Bertz CT molecular complexity index is 2800. The Morgan fingerprint density at radius 3 is 1.60 bits per heavy atom. The fraction of sp³-hybridized carbons (Fsp3) is 0. The zero-order valence-electron chi connectivity index (χ0n) is 26.7. The highest BCUT2D eigenvalue weighted by Crippen LogP contribution is 2.41. The summed E-state index contributed by atoms with van der Waals surface area (Å²) in [5, 5.41) is 5.16. The average Bonchev–Trinajstić information content (AvgIpc) is 3.76. The normalized spacial score (nSPS) is 11.6. The van der Waals surface area contributed by atoms with Gasteiger partial charge in [0, 0.05) is 57.0 Å². The number of rotatable bonds is 5. The van der Waals surface area contributed by atoms with Crippen LogP contribution in [0.15, 0.2) is 164 Å². The van der Waals surface area contributed by atoms with Crippen molar-refractivity contribution in [3.63, 3.8) is 0 Å². The summed E-state index contributed by atoms with van der Waals surface area (Å²) in [6.07, 6.45) is 0. The summed E-state index contributed by atoms with van der Waals surface area (Å²) in [5.41, 5.74) is 7.86. The zero-order chi connectivity index (χ0) is 33.0. The van der Waals surface area contributed by atoms with Gasteiger partial charge in [-0.15, -0.1) is 22.7 Å². The number of thiophene rings is 2. The Hall–Kier alpha value is -6.01. The molecule has 0 unspecified atom stereocenters. The summed E-state index contributed by atoms with van der Waals surface area (Å²) in [4.78, 5) is 14.8. The molecule has 0 aliphatic carbocycles. The molecule has 0 aliphatic rings. The summed E-state index contributed by atoms with van der Waals surface area (Å²) in [5.74, 6) is 2.01. The van der Waals surface area contributed by atoms with Gasteiger partial charge in [-0.05, 0) is 46.5 Å². The van der Waals surface area contributed by atoms with Crippen molar-refractivity contribution < 1.29 is 0 Å². The second-order valence-electron chi connectivity index (χ2n) is 12.4. The number of hydrogen-bond donors (Lipinski definition) is 0. The molecule has 3 nitrogen and oxygen atoms in total. The van der Waals surface area contributed by atoms with E-state index in [9.17, 15) is 0 Å². The Kier molecular flexibility index (Phi) is 6.86. The maximum absolute atomic E-state index is 4.95. The van der Waals surface area contributed by atoms with Crippen LogP contribution in [-0.2, 0) is 0 Å². The summed E-state index contributed by atoms with van der Waals surface area (Å²) in [6, 6.07) is 58.0. The van der Waals surface area contributed by atoms with Crippen LogP contribution >= 0.6 is 22.7 Å². The fourth-order valence-corrected chi connectivity index (χ4v) is 9.21. The predicted octanol–water partition coefficient (Wildman–Crippen LogP) is 12.9. The van der Waals surface area contributed by atoms with Crippen LogP contribution in [0.25, 0.3) is 96.8 Å². The first-order valence-corrected chi connectivity index (χ1v) is 18.2. The minimum atomic E-state index is 0.669. The lowest BCUT2D eigenvalue weighted by molar-refractivity contribution is 1.07. The highest BCUT2D eigenvalue weighted by atomic mass is 32.1. The fourth-order valence-electron chi connectivity index (χ4n) is 6.85. The van der Waals surface area contributed by atoms with Gasteiger partial charge < -0.3 is 0 Å². The number of hydrogen-bond acceptors (Lipinski definition) is 5. The molecule has 0 fully saturated rings. The Balaban J connectivity index is 1.01. The van der Waals surface area contributed by atoms with Crippen LogP contribution in [0.2, 0.25) is 0 Å². The van der Waals surface area contributed by atoms with Crippen LogP contribution in [0.3, 0.4) is 0 Å². The molecule has 0 bridgehead atoms. The molecule has 3 aromatic heterocycles. The number of aromatic nitrogens is 3. The van der Waals surface area contributed by atoms with E-state index in [2.05, 4.69) is 103 Å². The number of nitrogens with zero attached hydrogens (tertiary/aromatic N) is 3. The SMILES string of the molecule is c1ccc(-c2nc(-c3ccccc3)nc(-c3ccc4c(c3)sc3ccc(-c5ccc(-c6cccc7c6sc6ccccc67)cc5)cc34)n2)cc1. The molecule has 0 amide bonds. The minimum Gasteiger partial charge on any atom is -0.208 e. The molecule has 0 saturated carbocycles. The van der Waals surface area contributed by atoms with Crippen LogP contribution < -0.4 is 0 Å². The smallest absolute Gasteiger partial charge is 0.164 e. The van der Waals surface area contributed by atoms with Gasteiger partial charge >= 0.3 is 0 Å². The highest BCUT2D eigenvalue weighted by Gasteiger charge is 2.15. The number of fused-ring (bicyclic) bond motifs is 6. The lowest BCUT2D eigenvalue weighted by atomic mass is 9.98. The molecule has 7 aromatic carbocycles. The van der Waals surface area contributed by atoms with Crippen molar-refractivity contribution in [1.82, 2.24) is 15.0 Å².